The van der Waals surface area contributed by atoms with Gasteiger partial charge in [0, 0.05) is 18.7 Å². The van der Waals surface area contributed by atoms with Gasteiger partial charge in [-0.05, 0) is 30.6 Å². The van der Waals surface area contributed by atoms with Crippen LogP contribution in [0.25, 0.3) is 0 Å². The van der Waals surface area contributed by atoms with Gasteiger partial charge in [0.2, 0.25) is 0 Å². The summed E-state index contributed by atoms with van der Waals surface area (Å²) in [6, 6.07) is 0. The minimum atomic E-state index is 0.884. The Morgan fingerprint density at radius 2 is 2.25 bits per heavy atom. The second kappa shape index (κ2) is 2.86. The van der Waals surface area contributed by atoms with Crippen molar-refractivity contribution in [2.45, 2.75) is 33.1 Å². The highest BCUT2D eigenvalue weighted by Crippen LogP contribution is 2.54. The maximum Gasteiger partial charge on any atom is 0.0276 e. The zero-order valence-corrected chi connectivity index (χ0v) is 8.38. The maximum atomic E-state index is 4.42. The second-order valence-corrected chi connectivity index (χ2v) is 4.37. The first-order valence-corrected chi connectivity index (χ1v) is 5.25. The third-order valence-electron chi connectivity index (χ3n) is 4.15. The predicted molar refractivity (Wildman–Crippen MR) is 52.5 cm³/mol. The van der Waals surface area contributed by atoms with E-state index < -0.39 is 0 Å². The number of fused-ring (bicyclic) bond motifs is 1. The van der Waals surface area contributed by atoms with Crippen molar-refractivity contribution in [1.29, 1.82) is 0 Å². The Kier molecular flexibility index (Phi) is 1.97. The molecule has 2 saturated carbocycles. The monoisotopic (exact) mass is 165 g/mol. The lowest BCUT2D eigenvalue weighted by Gasteiger charge is -2.47. The Bertz CT molecular complexity index is 207. The molecule has 0 bridgehead atoms. The molecule has 1 nitrogen and oxygen atoms in total. The molecule has 68 valence electrons. The van der Waals surface area contributed by atoms with Gasteiger partial charge in [-0.15, -0.1) is 0 Å². The van der Waals surface area contributed by atoms with Crippen molar-refractivity contribution in [3.05, 3.63) is 0 Å². The molecule has 2 fully saturated rings. The van der Waals surface area contributed by atoms with Gasteiger partial charge < -0.3 is 0 Å². The van der Waals surface area contributed by atoms with Crippen molar-refractivity contribution in [3.8, 4) is 0 Å². The van der Waals surface area contributed by atoms with Crippen molar-refractivity contribution in [3.63, 3.8) is 0 Å². The van der Waals surface area contributed by atoms with Crippen molar-refractivity contribution in [2.75, 3.05) is 7.05 Å². The molecule has 0 heterocycles. The summed E-state index contributed by atoms with van der Waals surface area (Å²) in [6.45, 7) is 4.75. The molecule has 0 aliphatic heterocycles. The van der Waals surface area contributed by atoms with Crippen LogP contribution in [0, 0.1) is 23.7 Å². The minimum absolute atomic E-state index is 0.884. The standard InChI is InChI=1S/C11H19N/c1-4-8-7(2)9-5-6-10(12-3)11(8)9/h7-9,11H,4-6H2,1-3H3/t7-,8?,9?,11?/m0/s1. The average molecular weight is 165 g/mol. The van der Waals surface area contributed by atoms with Crippen LogP contribution < -0.4 is 0 Å². The van der Waals surface area contributed by atoms with Gasteiger partial charge in [-0.3, -0.25) is 4.99 Å². The average Bonchev–Trinajstić information content (AvgIpc) is 2.45. The van der Waals surface area contributed by atoms with Crippen LogP contribution >= 0.6 is 0 Å². The lowest BCUT2D eigenvalue weighted by Crippen LogP contribution is -2.44. The van der Waals surface area contributed by atoms with Crippen LogP contribution in [0.3, 0.4) is 0 Å². The van der Waals surface area contributed by atoms with Crippen LogP contribution in [-0.4, -0.2) is 12.8 Å². The summed E-state index contributed by atoms with van der Waals surface area (Å²) in [7, 11) is 1.97. The summed E-state index contributed by atoms with van der Waals surface area (Å²) in [5.74, 6) is 3.80. The molecule has 2 rings (SSSR count). The van der Waals surface area contributed by atoms with E-state index in [0.29, 0.717) is 0 Å². The summed E-state index contributed by atoms with van der Waals surface area (Å²) in [4.78, 5) is 4.42. The smallest absolute Gasteiger partial charge is 0.0276 e. The molecule has 0 spiro atoms. The topological polar surface area (TPSA) is 12.4 Å². The van der Waals surface area contributed by atoms with E-state index in [-0.39, 0.29) is 0 Å². The van der Waals surface area contributed by atoms with Crippen molar-refractivity contribution >= 4 is 5.71 Å². The summed E-state index contributed by atoms with van der Waals surface area (Å²) in [5.41, 5.74) is 1.52. The van der Waals surface area contributed by atoms with E-state index in [4.69, 9.17) is 0 Å². The normalized spacial score (nSPS) is 49.1. The Morgan fingerprint density at radius 3 is 2.83 bits per heavy atom. The van der Waals surface area contributed by atoms with E-state index >= 15 is 0 Å². The summed E-state index contributed by atoms with van der Waals surface area (Å²) in [5, 5.41) is 0. The minimum Gasteiger partial charge on any atom is -0.297 e. The van der Waals surface area contributed by atoms with Crippen LogP contribution in [0.2, 0.25) is 0 Å². The Labute approximate surface area is 75.3 Å². The lowest BCUT2D eigenvalue weighted by molar-refractivity contribution is 0.0463. The predicted octanol–water partition coefficient (Wildman–Crippen LogP) is 2.76. The highest BCUT2D eigenvalue weighted by Gasteiger charge is 2.51. The van der Waals surface area contributed by atoms with Crippen LogP contribution in [0.1, 0.15) is 33.1 Å². The fraction of sp³-hybridized carbons (Fsp3) is 0.909. The Balaban J connectivity index is 2.14. The molecule has 3 unspecified atom stereocenters. The van der Waals surface area contributed by atoms with Crippen LogP contribution in [0.5, 0.6) is 0 Å². The van der Waals surface area contributed by atoms with Crippen LogP contribution in [0.4, 0.5) is 0 Å². The summed E-state index contributed by atoms with van der Waals surface area (Å²) >= 11 is 0. The molecule has 12 heavy (non-hydrogen) atoms. The molecule has 0 radical (unpaired) electrons. The molecular weight excluding hydrogens is 146 g/mol. The number of hydrogen-bond acceptors (Lipinski definition) is 1. The molecule has 4 atom stereocenters. The van der Waals surface area contributed by atoms with Gasteiger partial charge in [0.1, 0.15) is 0 Å². The highest BCUT2D eigenvalue weighted by atomic mass is 14.7. The lowest BCUT2D eigenvalue weighted by atomic mass is 9.58. The molecule has 0 aromatic rings. The van der Waals surface area contributed by atoms with Gasteiger partial charge in [-0.2, -0.15) is 0 Å². The molecule has 2 aliphatic carbocycles. The van der Waals surface area contributed by atoms with Crippen LogP contribution in [-0.2, 0) is 0 Å². The van der Waals surface area contributed by atoms with Gasteiger partial charge in [0.05, 0.1) is 0 Å². The first kappa shape index (κ1) is 8.28. The fourth-order valence-corrected chi connectivity index (χ4v) is 3.45. The molecule has 0 N–H and O–H groups in total. The summed E-state index contributed by atoms with van der Waals surface area (Å²) < 4.78 is 0. The Morgan fingerprint density at radius 1 is 1.50 bits per heavy atom. The molecular formula is C11H19N. The third-order valence-corrected chi connectivity index (χ3v) is 4.15. The molecule has 0 aromatic carbocycles. The molecule has 1 heteroatoms. The van der Waals surface area contributed by atoms with Crippen molar-refractivity contribution in [1.82, 2.24) is 0 Å². The van der Waals surface area contributed by atoms with E-state index in [1.54, 1.807) is 0 Å². The number of rotatable bonds is 1. The number of aliphatic imine (C=N–C) groups is 1. The van der Waals surface area contributed by atoms with Crippen molar-refractivity contribution in [2.24, 2.45) is 28.7 Å². The summed E-state index contributed by atoms with van der Waals surface area (Å²) in [6.07, 6.45) is 4.04. The van der Waals surface area contributed by atoms with E-state index in [0.717, 1.165) is 23.7 Å². The fourth-order valence-electron chi connectivity index (χ4n) is 3.45. The molecule has 0 aromatic heterocycles. The van der Waals surface area contributed by atoms with Crippen LogP contribution in [0.15, 0.2) is 4.99 Å². The van der Waals surface area contributed by atoms with E-state index in [1.165, 1.54) is 25.0 Å². The highest BCUT2D eigenvalue weighted by molar-refractivity contribution is 5.90. The number of nitrogens with zero attached hydrogens (tertiary/aromatic N) is 1. The molecule has 2 aliphatic rings. The van der Waals surface area contributed by atoms with Gasteiger partial charge in [0.25, 0.3) is 0 Å². The third kappa shape index (κ3) is 0.884. The van der Waals surface area contributed by atoms with E-state index in [9.17, 15) is 0 Å². The first-order chi connectivity index (χ1) is 5.79. The van der Waals surface area contributed by atoms with Gasteiger partial charge in [-0.1, -0.05) is 20.3 Å². The van der Waals surface area contributed by atoms with Gasteiger partial charge in [-0.25, -0.2) is 0 Å². The largest absolute Gasteiger partial charge is 0.297 e. The zero-order valence-electron chi connectivity index (χ0n) is 8.38. The Hall–Kier alpha value is -0.330. The zero-order chi connectivity index (χ0) is 8.72. The SMILES string of the molecule is CCC1C2C(=NC)CCC2[C@H]1C. The van der Waals surface area contributed by atoms with E-state index in [2.05, 4.69) is 18.8 Å². The maximum absolute atomic E-state index is 4.42. The van der Waals surface area contributed by atoms with Crippen molar-refractivity contribution < 1.29 is 0 Å². The number of hydrogen-bond donors (Lipinski definition) is 0. The van der Waals surface area contributed by atoms with Gasteiger partial charge in [0.15, 0.2) is 0 Å². The first-order valence-electron chi connectivity index (χ1n) is 5.25. The molecule has 0 saturated heterocycles. The quantitative estimate of drug-likeness (QED) is 0.566. The molecule has 0 amide bonds. The van der Waals surface area contributed by atoms with E-state index in [1.807, 2.05) is 7.05 Å². The van der Waals surface area contributed by atoms with Gasteiger partial charge >= 0.3 is 0 Å². The second-order valence-electron chi connectivity index (χ2n) is 4.37.